The molecular weight excluding hydrogens is 390 g/mol. The number of benzene rings is 1. The number of sulfonamides is 1. The van der Waals surface area contributed by atoms with Crippen molar-refractivity contribution in [1.82, 2.24) is 4.31 Å². The van der Waals surface area contributed by atoms with Crippen molar-refractivity contribution in [3.05, 3.63) is 42.6 Å². The number of pyridine rings is 1. The molecule has 0 amide bonds. The Hall–Kier alpha value is -2.36. The van der Waals surface area contributed by atoms with Gasteiger partial charge in [-0.3, -0.25) is 4.90 Å². The maximum Gasteiger partial charge on any atom is 0.274 e. The number of anilines is 2. The van der Waals surface area contributed by atoms with Crippen molar-refractivity contribution in [2.75, 3.05) is 69.2 Å². The number of nitrogens with zero attached hydrogens (tertiary/aromatic N) is 3. The molecule has 0 aliphatic carbocycles. The van der Waals surface area contributed by atoms with E-state index in [0.29, 0.717) is 23.7 Å². The van der Waals surface area contributed by atoms with Crippen LogP contribution in [0.2, 0.25) is 0 Å². The summed E-state index contributed by atoms with van der Waals surface area (Å²) in [7, 11) is -1.36. The molecule has 3 N–H and O–H groups in total. The topological polar surface area (TPSA) is 82.7 Å². The number of nitrogens with one attached hydrogen (secondary N) is 2. The standard InChI is InChI=1S/C20H27N5O3S/c1-22-8-14-25(15-9-22)29(27,28)17-6-7-20(21-16-17)24-12-10-23(11-13-24)18-4-2-3-5-19(18)26/h2-7,16,26H,8-15H2,1H3/p+2. The van der Waals surface area contributed by atoms with Crippen molar-refractivity contribution in [3.8, 4) is 5.75 Å². The molecule has 0 bridgehead atoms. The highest BCUT2D eigenvalue weighted by atomic mass is 32.2. The fourth-order valence-corrected chi connectivity index (χ4v) is 5.35. The Labute approximate surface area is 172 Å². The van der Waals surface area contributed by atoms with Crippen LogP contribution in [-0.2, 0) is 10.0 Å². The summed E-state index contributed by atoms with van der Waals surface area (Å²) >= 11 is 0. The SMILES string of the molecule is C[NH+]1CCN(S(=O)(=O)c2ccc(N3CCN(c4ccccc4O)CC3)[nH+]c2)CC1. The Morgan fingerprint density at radius 1 is 0.931 bits per heavy atom. The highest BCUT2D eigenvalue weighted by Gasteiger charge is 2.31. The largest absolute Gasteiger partial charge is 0.506 e. The molecule has 4 rings (SSSR count). The van der Waals surface area contributed by atoms with Crippen molar-refractivity contribution < 1.29 is 23.4 Å². The van der Waals surface area contributed by atoms with Gasteiger partial charge in [0.1, 0.15) is 29.9 Å². The highest BCUT2D eigenvalue weighted by Crippen LogP contribution is 2.27. The summed E-state index contributed by atoms with van der Waals surface area (Å²) in [6, 6.07) is 10.9. The number of hydrogen-bond acceptors (Lipinski definition) is 5. The van der Waals surface area contributed by atoms with Crippen LogP contribution >= 0.6 is 0 Å². The number of aromatic nitrogens is 1. The van der Waals surface area contributed by atoms with Gasteiger partial charge in [0, 0.05) is 6.07 Å². The number of likely N-dealkylation sites (N-methyl/N-ethyl adjacent to an activating group) is 1. The summed E-state index contributed by atoms with van der Waals surface area (Å²) in [6.45, 7) is 5.94. The van der Waals surface area contributed by atoms with Crippen LogP contribution in [0.3, 0.4) is 0 Å². The first kappa shape index (κ1) is 19.9. The Balaban J connectivity index is 1.41. The second kappa shape index (κ2) is 8.17. The molecular formula is C20H29N5O3S+2. The molecule has 1 aromatic heterocycles. The molecule has 2 saturated heterocycles. The molecule has 2 aliphatic rings. The molecule has 29 heavy (non-hydrogen) atoms. The lowest BCUT2D eigenvalue weighted by Gasteiger charge is -2.33. The van der Waals surface area contributed by atoms with Gasteiger partial charge in [-0.25, -0.2) is 13.4 Å². The highest BCUT2D eigenvalue weighted by molar-refractivity contribution is 7.89. The van der Waals surface area contributed by atoms with Crippen LogP contribution in [0.25, 0.3) is 0 Å². The number of para-hydroxylation sites is 2. The van der Waals surface area contributed by atoms with E-state index in [0.717, 1.165) is 50.8 Å². The van der Waals surface area contributed by atoms with Crippen LogP contribution < -0.4 is 19.7 Å². The van der Waals surface area contributed by atoms with E-state index < -0.39 is 10.0 Å². The number of phenolic OH excluding ortho intramolecular Hbond substituents is 1. The van der Waals surface area contributed by atoms with Gasteiger partial charge in [-0.1, -0.05) is 12.1 Å². The van der Waals surface area contributed by atoms with Crippen molar-refractivity contribution in [1.29, 1.82) is 0 Å². The molecule has 3 heterocycles. The second-order valence-electron chi connectivity index (χ2n) is 7.73. The predicted octanol–water partition coefficient (Wildman–Crippen LogP) is -0.948. The Kier molecular flexibility index (Phi) is 5.62. The van der Waals surface area contributed by atoms with Gasteiger partial charge in [0.25, 0.3) is 5.82 Å². The van der Waals surface area contributed by atoms with Crippen molar-refractivity contribution in [3.63, 3.8) is 0 Å². The van der Waals surface area contributed by atoms with Crippen LogP contribution in [0, 0.1) is 0 Å². The van der Waals surface area contributed by atoms with E-state index in [2.05, 4.69) is 21.8 Å². The molecule has 2 aromatic rings. The average molecular weight is 420 g/mol. The van der Waals surface area contributed by atoms with Gasteiger partial charge in [-0.05, 0) is 18.2 Å². The molecule has 156 valence electrons. The lowest BCUT2D eigenvalue weighted by Crippen LogP contribution is -3.12. The fraction of sp³-hybridized carbons (Fsp3) is 0.450. The third kappa shape index (κ3) is 4.17. The summed E-state index contributed by atoms with van der Waals surface area (Å²) in [5, 5.41) is 10.1. The Morgan fingerprint density at radius 3 is 2.21 bits per heavy atom. The zero-order valence-corrected chi connectivity index (χ0v) is 17.5. The van der Waals surface area contributed by atoms with Crippen LogP contribution in [0.5, 0.6) is 5.75 Å². The van der Waals surface area contributed by atoms with E-state index in [1.807, 2.05) is 24.3 Å². The van der Waals surface area contributed by atoms with Gasteiger partial charge in [-0.2, -0.15) is 4.31 Å². The predicted molar refractivity (Wildman–Crippen MR) is 111 cm³/mol. The fourth-order valence-electron chi connectivity index (χ4n) is 3.94. The third-order valence-corrected chi connectivity index (χ3v) is 7.72. The Bertz CT molecular complexity index is 935. The van der Waals surface area contributed by atoms with E-state index in [9.17, 15) is 13.5 Å². The summed E-state index contributed by atoms with van der Waals surface area (Å²) in [4.78, 5) is 9.22. The third-order valence-electron chi connectivity index (χ3n) is 5.82. The molecule has 8 nitrogen and oxygen atoms in total. The summed E-state index contributed by atoms with van der Waals surface area (Å²) in [5.41, 5.74) is 0.853. The lowest BCUT2D eigenvalue weighted by atomic mass is 10.2. The van der Waals surface area contributed by atoms with Crippen LogP contribution in [0.1, 0.15) is 0 Å². The van der Waals surface area contributed by atoms with E-state index in [1.165, 1.54) is 4.90 Å². The average Bonchev–Trinajstić information content (AvgIpc) is 2.75. The molecule has 2 fully saturated rings. The molecule has 0 atom stereocenters. The van der Waals surface area contributed by atoms with E-state index in [1.54, 1.807) is 22.6 Å². The quantitative estimate of drug-likeness (QED) is 0.668. The van der Waals surface area contributed by atoms with Crippen molar-refractivity contribution >= 4 is 21.5 Å². The zero-order valence-electron chi connectivity index (χ0n) is 16.7. The molecule has 0 saturated carbocycles. The summed E-state index contributed by atoms with van der Waals surface area (Å²) < 4.78 is 27.3. The van der Waals surface area contributed by atoms with E-state index >= 15 is 0 Å². The molecule has 9 heteroatoms. The minimum atomic E-state index is -3.45. The first-order valence-electron chi connectivity index (χ1n) is 10.1. The molecule has 0 unspecified atom stereocenters. The number of piperazine rings is 2. The summed E-state index contributed by atoms with van der Waals surface area (Å²) in [5.74, 6) is 1.20. The van der Waals surface area contributed by atoms with E-state index in [-0.39, 0.29) is 0 Å². The molecule has 1 aromatic carbocycles. The minimum absolute atomic E-state index is 0.299. The first-order chi connectivity index (χ1) is 13.9. The molecule has 0 spiro atoms. The normalized spacial score (nSPS) is 19.5. The van der Waals surface area contributed by atoms with Gasteiger partial charge < -0.3 is 14.9 Å². The van der Waals surface area contributed by atoms with Gasteiger partial charge in [0.2, 0.25) is 10.0 Å². The zero-order chi connectivity index (χ0) is 20.4. The van der Waals surface area contributed by atoms with E-state index in [4.69, 9.17) is 0 Å². The van der Waals surface area contributed by atoms with Gasteiger partial charge in [0.05, 0.1) is 52.0 Å². The molecule has 0 radical (unpaired) electrons. The van der Waals surface area contributed by atoms with Gasteiger partial charge >= 0.3 is 0 Å². The smallest absolute Gasteiger partial charge is 0.274 e. The van der Waals surface area contributed by atoms with Gasteiger partial charge in [-0.15, -0.1) is 0 Å². The van der Waals surface area contributed by atoms with Gasteiger partial charge in [0.15, 0.2) is 0 Å². The number of aromatic hydroxyl groups is 1. The monoisotopic (exact) mass is 419 g/mol. The van der Waals surface area contributed by atoms with Crippen LogP contribution in [0.4, 0.5) is 11.5 Å². The lowest BCUT2D eigenvalue weighted by molar-refractivity contribution is -0.883. The van der Waals surface area contributed by atoms with Crippen molar-refractivity contribution in [2.45, 2.75) is 4.90 Å². The number of phenols is 1. The van der Waals surface area contributed by atoms with Crippen molar-refractivity contribution in [2.24, 2.45) is 0 Å². The number of hydrogen-bond donors (Lipinski definition) is 2. The maximum absolute atomic E-state index is 12.9. The number of rotatable bonds is 4. The summed E-state index contributed by atoms with van der Waals surface area (Å²) in [6.07, 6.45) is 1.60. The molecule has 2 aliphatic heterocycles. The van der Waals surface area contributed by atoms with Crippen LogP contribution in [-0.4, -0.2) is 77.2 Å². The maximum atomic E-state index is 12.9. The number of quaternary nitrogens is 1. The minimum Gasteiger partial charge on any atom is -0.506 e. The number of H-pyrrole nitrogens is 1. The van der Waals surface area contributed by atoms with Crippen LogP contribution in [0.15, 0.2) is 47.5 Å². The number of aromatic amines is 1. The second-order valence-corrected chi connectivity index (χ2v) is 9.67. The first-order valence-corrected chi connectivity index (χ1v) is 11.5. The Morgan fingerprint density at radius 2 is 1.59 bits per heavy atom.